The number of aromatic nitrogens is 1. The highest BCUT2D eigenvalue weighted by Crippen LogP contribution is 2.31. The smallest absolute Gasteiger partial charge is 0.312 e. The number of hydrogen-bond donors (Lipinski definition) is 2. The number of carboxylic acids is 1. The number of carbonyl (C=O) groups is 3. The zero-order chi connectivity index (χ0) is 18.4. The van der Waals surface area contributed by atoms with E-state index in [9.17, 15) is 19.5 Å². The third-order valence-electron chi connectivity index (χ3n) is 5.43. The van der Waals surface area contributed by atoms with Crippen LogP contribution in [0.2, 0.25) is 0 Å². The maximum atomic E-state index is 13.1. The van der Waals surface area contributed by atoms with Crippen LogP contribution < -0.4 is 0 Å². The predicted octanol–water partition coefficient (Wildman–Crippen LogP) is 2.67. The van der Waals surface area contributed by atoms with Crippen molar-refractivity contribution in [2.24, 2.45) is 0 Å². The Balaban J connectivity index is 1.70. The maximum absolute atomic E-state index is 13.1. The lowest BCUT2D eigenvalue weighted by Crippen LogP contribution is -2.41. The van der Waals surface area contributed by atoms with Gasteiger partial charge in [0.2, 0.25) is 0 Å². The van der Waals surface area contributed by atoms with Crippen LogP contribution in [0.3, 0.4) is 0 Å². The first kappa shape index (κ1) is 16.6. The van der Waals surface area contributed by atoms with E-state index in [1.807, 2.05) is 24.3 Å². The molecule has 1 aromatic carbocycles. The number of rotatable bonds is 2. The van der Waals surface area contributed by atoms with Crippen LogP contribution in [0.25, 0.3) is 0 Å². The van der Waals surface area contributed by atoms with Gasteiger partial charge in [0.05, 0.1) is 5.92 Å². The Labute approximate surface area is 150 Å². The first-order valence-electron chi connectivity index (χ1n) is 8.82. The quantitative estimate of drug-likeness (QED) is 0.869. The zero-order valence-electron chi connectivity index (χ0n) is 14.5. The second kappa shape index (κ2) is 6.12. The van der Waals surface area contributed by atoms with E-state index in [0.717, 1.165) is 29.7 Å². The van der Waals surface area contributed by atoms with Crippen LogP contribution in [0.5, 0.6) is 0 Å². The highest BCUT2D eigenvalue weighted by atomic mass is 16.4. The second-order valence-electron chi connectivity index (χ2n) is 7.03. The minimum absolute atomic E-state index is 0.0754. The number of carboxylic acid groups (broad SMARTS) is 1. The van der Waals surface area contributed by atoms with Crippen molar-refractivity contribution in [2.75, 3.05) is 6.54 Å². The first-order valence-corrected chi connectivity index (χ1v) is 8.82. The largest absolute Gasteiger partial charge is 0.481 e. The number of aromatic amines is 1. The normalized spacial score (nSPS) is 19.0. The van der Waals surface area contributed by atoms with Crippen molar-refractivity contribution >= 4 is 17.7 Å². The Morgan fingerprint density at radius 3 is 2.73 bits per heavy atom. The predicted molar refractivity (Wildman–Crippen MR) is 94.4 cm³/mol. The average Bonchev–Trinajstić information content (AvgIpc) is 2.98. The summed E-state index contributed by atoms with van der Waals surface area (Å²) in [4.78, 5) is 41.7. The van der Waals surface area contributed by atoms with E-state index in [1.54, 1.807) is 11.8 Å². The fourth-order valence-corrected chi connectivity index (χ4v) is 4.12. The third-order valence-corrected chi connectivity index (χ3v) is 5.43. The average molecular weight is 352 g/mol. The van der Waals surface area contributed by atoms with E-state index < -0.39 is 11.9 Å². The summed E-state index contributed by atoms with van der Waals surface area (Å²) in [6.07, 6.45) is 2.06. The summed E-state index contributed by atoms with van der Waals surface area (Å²) in [6, 6.07) is 7.35. The second-order valence-corrected chi connectivity index (χ2v) is 7.03. The minimum atomic E-state index is -0.937. The molecule has 1 amide bonds. The summed E-state index contributed by atoms with van der Waals surface area (Å²) in [7, 11) is 0. The molecule has 0 spiro atoms. The SMILES string of the molecule is Cc1c(C(=O)N2Cc3ccccc3C(C(=O)O)C2)[nH]c2c1C(=O)CCC2. The van der Waals surface area contributed by atoms with Gasteiger partial charge in [0.15, 0.2) is 5.78 Å². The van der Waals surface area contributed by atoms with Gasteiger partial charge in [-0.2, -0.15) is 0 Å². The molecule has 2 aromatic rings. The molecule has 0 saturated carbocycles. The molecular formula is C20H20N2O4. The third kappa shape index (κ3) is 2.53. The molecule has 0 bridgehead atoms. The van der Waals surface area contributed by atoms with E-state index in [1.165, 1.54) is 0 Å². The van der Waals surface area contributed by atoms with Gasteiger partial charge in [-0.1, -0.05) is 24.3 Å². The van der Waals surface area contributed by atoms with Gasteiger partial charge in [0.25, 0.3) is 5.91 Å². The minimum Gasteiger partial charge on any atom is -0.481 e. The molecule has 2 heterocycles. The van der Waals surface area contributed by atoms with Crippen molar-refractivity contribution in [1.29, 1.82) is 0 Å². The van der Waals surface area contributed by atoms with Crippen LogP contribution in [0, 0.1) is 6.92 Å². The van der Waals surface area contributed by atoms with E-state index in [2.05, 4.69) is 4.98 Å². The van der Waals surface area contributed by atoms with Crippen LogP contribution in [0.1, 0.15) is 62.0 Å². The summed E-state index contributed by atoms with van der Waals surface area (Å²) in [6.45, 7) is 2.29. The molecule has 1 aromatic heterocycles. The van der Waals surface area contributed by atoms with Gasteiger partial charge in [-0.25, -0.2) is 0 Å². The summed E-state index contributed by atoms with van der Waals surface area (Å²) in [5.41, 5.74) is 4.18. The van der Waals surface area contributed by atoms with Gasteiger partial charge in [-0.3, -0.25) is 14.4 Å². The van der Waals surface area contributed by atoms with Gasteiger partial charge in [0, 0.05) is 30.8 Å². The summed E-state index contributed by atoms with van der Waals surface area (Å²) >= 11 is 0. The number of benzene rings is 1. The number of carbonyl (C=O) groups excluding carboxylic acids is 2. The lowest BCUT2D eigenvalue weighted by molar-refractivity contribution is -0.139. The molecule has 1 aliphatic heterocycles. The highest BCUT2D eigenvalue weighted by molar-refractivity contribution is 6.04. The monoisotopic (exact) mass is 352 g/mol. The molecule has 0 saturated heterocycles. The van der Waals surface area contributed by atoms with Gasteiger partial charge in [0.1, 0.15) is 5.69 Å². The summed E-state index contributed by atoms with van der Waals surface area (Å²) in [5.74, 6) is -1.85. The highest BCUT2D eigenvalue weighted by Gasteiger charge is 2.35. The number of ketones is 1. The van der Waals surface area contributed by atoms with Crippen molar-refractivity contribution in [3.63, 3.8) is 0 Å². The van der Waals surface area contributed by atoms with Gasteiger partial charge in [-0.05, 0) is 36.5 Å². The zero-order valence-corrected chi connectivity index (χ0v) is 14.5. The van der Waals surface area contributed by atoms with Crippen molar-refractivity contribution in [3.8, 4) is 0 Å². The van der Waals surface area contributed by atoms with E-state index >= 15 is 0 Å². The molecule has 6 nitrogen and oxygen atoms in total. The molecule has 4 rings (SSSR count). The lowest BCUT2D eigenvalue weighted by atomic mass is 9.89. The Morgan fingerprint density at radius 2 is 2.00 bits per heavy atom. The summed E-state index contributed by atoms with van der Waals surface area (Å²) in [5, 5.41) is 9.59. The van der Waals surface area contributed by atoms with E-state index in [-0.39, 0.29) is 18.2 Å². The molecular weight excluding hydrogens is 332 g/mol. The fourth-order valence-electron chi connectivity index (χ4n) is 4.12. The fraction of sp³-hybridized carbons (Fsp3) is 0.350. The first-order chi connectivity index (χ1) is 12.5. The number of hydrogen-bond acceptors (Lipinski definition) is 3. The van der Waals surface area contributed by atoms with Crippen LogP contribution in [0.15, 0.2) is 24.3 Å². The number of aliphatic carboxylic acids is 1. The van der Waals surface area contributed by atoms with Crippen LogP contribution in [-0.4, -0.2) is 39.2 Å². The molecule has 6 heteroatoms. The maximum Gasteiger partial charge on any atom is 0.312 e. The Hall–Kier alpha value is -2.89. The van der Waals surface area contributed by atoms with Crippen LogP contribution in [0.4, 0.5) is 0 Å². The van der Waals surface area contributed by atoms with Crippen molar-refractivity contribution in [2.45, 2.75) is 38.6 Å². The van der Waals surface area contributed by atoms with Crippen LogP contribution in [-0.2, 0) is 17.8 Å². The number of H-pyrrole nitrogens is 1. The number of nitrogens with one attached hydrogen (secondary N) is 1. The van der Waals surface area contributed by atoms with Gasteiger partial charge >= 0.3 is 5.97 Å². The topological polar surface area (TPSA) is 90.5 Å². The Kier molecular flexibility index (Phi) is 3.90. The number of amides is 1. The van der Waals surface area contributed by atoms with Crippen molar-refractivity contribution in [3.05, 3.63) is 57.9 Å². The molecule has 0 fully saturated rings. The summed E-state index contributed by atoms with van der Waals surface area (Å²) < 4.78 is 0. The molecule has 0 radical (unpaired) electrons. The molecule has 2 N–H and O–H groups in total. The van der Waals surface area contributed by atoms with Crippen molar-refractivity contribution < 1.29 is 19.5 Å². The molecule has 134 valence electrons. The molecule has 1 atom stereocenters. The number of nitrogens with zero attached hydrogens (tertiary/aromatic N) is 1. The Bertz CT molecular complexity index is 928. The Morgan fingerprint density at radius 1 is 1.23 bits per heavy atom. The van der Waals surface area contributed by atoms with E-state index in [0.29, 0.717) is 29.8 Å². The number of aryl methyl sites for hydroxylation is 1. The standard InChI is InChI=1S/C20H20N2O4/c1-11-17-15(7-4-8-16(17)23)21-18(11)19(24)22-9-12-5-2-3-6-13(12)14(10-22)20(25)26/h2-3,5-6,14,21H,4,7-10H2,1H3,(H,25,26). The van der Waals surface area contributed by atoms with Gasteiger partial charge < -0.3 is 15.0 Å². The van der Waals surface area contributed by atoms with Crippen LogP contribution >= 0.6 is 0 Å². The van der Waals surface area contributed by atoms with E-state index in [4.69, 9.17) is 0 Å². The number of Topliss-reactive ketones (excluding diaryl/α,β-unsaturated/α-hetero) is 1. The van der Waals surface area contributed by atoms with Gasteiger partial charge in [-0.15, -0.1) is 0 Å². The molecule has 2 aliphatic rings. The molecule has 1 unspecified atom stereocenters. The molecule has 1 aliphatic carbocycles. The molecule has 26 heavy (non-hydrogen) atoms. The lowest BCUT2D eigenvalue weighted by Gasteiger charge is -2.32. The number of fused-ring (bicyclic) bond motifs is 2. The van der Waals surface area contributed by atoms with Crippen molar-refractivity contribution in [1.82, 2.24) is 9.88 Å².